The van der Waals surface area contributed by atoms with Crippen molar-refractivity contribution in [3.05, 3.63) is 48.0 Å². The van der Waals surface area contributed by atoms with Gasteiger partial charge in [-0.15, -0.1) is 0 Å². The molecule has 0 saturated carbocycles. The van der Waals surface area contributed by atoms with Crippen molar-refractivity contribution in [3.8, 4) is 6.01 Å². The minimum atomic E-state index is -0.520. The molecule has 214 valence electrons. The number of ether oxygens (including phenoxy) is 1. The fourth-order valence-corrected chi connectivity index (χ4v) is 5.85. The van der Waals surface area contributed by atoms with Crippen molar-refractivity contribution in [3.63, 3.8) is 0 Å². The molecule has 12 heteroatoms. The van der Waals surface area contributed by atoms with E-state index < -0.39 is 11.7 Å². The normalized spacial score (nSPS) is 21.2. The minimum Gasteiger partial charge on any atom is -0.461 e. The Labute approximate surface area is 236 Å². The average Bonchev–Trinajstić information content (AvgIpc) is 3.46. The van der Waals surface area contributed by atoms with E-state index in [4.69, 9.17) is 4.74 Å². The molecule has 2 N–H and O–H groups in total. The first-order chi connectivity index (χ1) is 19.7. The summed E-state index contributed by atoms with van der Waals surface area (Å²) < 4.78 is 22.2. The van der Waals surface area contributed by atoms with Gasteiger partial charge in [-0.3, -0.25) is 14.3 Å². The lowest BCUT2D eigenvalue weighted by Gasteiger charge is -2.38. The van der Waals surface area contributed by atoms with Gasteiger partial charge in [0.1, 0.15) is 12.1 Å². The van der Waals surface area contributed by atoms with E-state index in [-0.39, 0.29) is 42.2 Å². The van der Waals surface area contributed by atoms with Gasteiger partial charge in [-0.1, -0.05) is 0 Å². The lowest BCUT2D eigenvalue weighted by molar-refractivity contribution is -0.127. The molecule has 4 aromatic rings. The van der Waals surface area contributed by atoms with Crippen molar-refractivity contribution in [1.29, 1.82) is 0 Å². The number of likely N-dealkylation sites (tertiary alicyclic amines) is 1. The van der Waals surface area contributed by atoms with E-state index in [0.29, 0.717) is 40.4 Å². The van der Waals surface area contributed by atoms with E-state index in [1.807, 2.05) is 6.07 Å². The quantitative estimate of drug-likeness (QED) is 0.370. The molecular formula is C29H33FN8O3. The van der Waals surface area contributed by atoms with Gasteiger partial charge in [-0.25, -0.2) is 9.37 Å². The van der Waals surface area contributed by atoms with E-state index >= 15 is 0 Å². The third-order valence-electron chi connectivity index (χ3n) is 7.82. The van der Waals surface area contributed by atoms with E-state index in [0.717, 1.165) is 18.8 Å². The van der Waals surface area contributed by atoms with Gasteiger partial charge in [0.15, 0.2) is 5.82 Å². The zero-order chi connectivity index (χ0) is 28.8. The number of piperazine rings is 1. The molecule has 0 radical (unpaired) electrons. The zero-order valence-electron chi connectivity index (χ0n) is 23.5. The van der Waals surface area contributed by atoms with Gasteiger partial charge < -0.3 is 25.2 Å². The number of likely N-dealkylation sites (N-methyl/N-ethyl adjacent to an activating group) is 1. The highest BCUT2D eigenvalue weighted by Crippen LogP contribution is 2.32. The highest BCUT2D eigenvalue weighted by molar-refractivity contribution is 6.14. The summed E-state index contributed by atoms with van der Waals surface area (Å²) in [6, 6.07) is 7.23. The van der Waals surface area contributed by atoms with Crippen LogP contribution in [0.1, 0.15) is 37.0 Å². The molecular weight excluding hydrogens is 527 g/mol. The van der Waals surface area contributed by atoms with Crippen molar-refractivity contribution < 1.29 is 18.7 Å². The number of aryl methyl sites for hydroxylation is 1. The summed E-state index contributed by atoms with van der Waals surface area (Å²) in [5.74, 6) is -0.868. The van der Waals surface area contributed by atoms with Gasteiger partial charge in [-0.05, 0) is 44.5 Å². The second kappa shape index (κ2) is 10.6. The number of benzene rings is 2. The predicted octanol–water partition coefficient (Wildman–Crippen LogP) is 3.09. The number of nitrogens with one attached hydrogen (secondary N) is 2. The van der Waals surface area contributed by atoms with Gasteiger partial charge in [0.05, 0.1) is 17.1 Å². The summed E-state index contributed by atoms with van der Waals surface area (Å²) in [6.45, 7) is 6.10. The number of halogens is 1. The molecule has 2 fully saturated rings. The van der Waals surface area contributed by atoms with Crippen LogP contribution in [0, 0.1) is 5.82 Å². The van der Waals surface area contributed by atoms with E-state index in [2.05, 4.69) is 44.4 Å². The van der Waals surface area contributed by atoms with Gasteiger partial charge in [0.2, 0.25) is 5.91 Å². The topological polar surface area (TPSA) is 118 Å². The summed E-state index contributed by atoms with van der Waals surface area (Å²) in [7, 11) is 3.48. The molecule has 0 aliphatic carbocycles. The Morgan fingerprint density at radius 3 is 2.68 bits per heavy atom. The summed E-state index contributed by atoms with van der Waals surface area (Å²) >= 11 is 0. The third-order valence-corrected chi connectivity index (χ3v) is 7.82. The molecule has 4 heterocycles. The number of amides is 2. The standard InChI is InChI=1S/C29H33FN8O3/c1-16-12-38(13-17(2)32-16)24-7-6-21(28(40)33-19-9-18-14-36(3)35-26(18)23(30)10-19)27-22(24)11-31-29(34-27)41-15-20-5-8-25(39)37(20)4/h6-7,9-11,14,16-17,20,32H,5,8,12-13,15H2,1-4H3,(H,33,40). The number of anilines is 2. The van der Waals surface area contributed by atoms with E-state index in [1.165, 1.54) is 10.7 Å². The Hall–Kier alpha value is -4.32. The number of nitrogens with zero attached hydrogens (tertiary/aromatic N) is 6. The fourth-order valence-electron chi connectivity index (χ4n) is 5.85. The minimum absolute atomic E-state index is 0.0583. The van der Waals surface area contributed by atoms with Gasteiger partial charge in [0, 0.05) is 80.2 Å². The Bertz CT molecular complexity index is 1650. The SMILES string of the molecule is CC1CN(c2ccc(C(=O)Nc3cc(F)c4nn(C)cc4c3)c3nc(OCC4CCC(=O)N4C)ncc23)CC(C)N1. The zero-order valence-corrected chi connectivity index (χ0v) is 23.5. The van der Waals surface area contributed by atoms with Crippen molar-refractivity contribution in [1.82, 2.24) is 30.0 Å². The number of carbonyl (C=O) groups is 2. The number of hydrogen-bond acceptors (Lipinski definition) is 8. The monoisotopic (exact) mass is 560 g/mol. The van der Waals surface area contributed by atoms with E-state index in [9.17, 15) is 14.0 Å². The maximum atomic E-state index is 14.7. The number of hydrogen-bond donors (Lipinski definition) is 2. The first-order valence-corrected chi connectivity index (χ1v) is 13.8. The van der Waals surface area contributed by atoms with Crippen molar-refractivity contribution in [2.75, 3.05) is 37.0 Å². The molecule has 6 rings (SSSR count). The van der Waals surface area contributed by atoms with Crippen molar-refractivity contribution in [2.24, 2.45) is 7.05 Å². The van der Waals surface area contributed by atoms with Crippen LogP contribution in [0.2, 0.25) is 0 Å². The van der Waals surface area contributed by atoms with Crippen LogP contribution in [0.5, 0.6) is 6.01 Å². The predicted molar refractivity (Wildman–Crippen MR) is 154 cm³/mol. The van der Waals surface area contributed by atoms with Crippen LogP contribution < -0.4 is 20.3 Å². The second-order valence-electron chi connectivity index (χ2n) is 11.1. The maximum Gasteiger partial charge on any atom is 0.317 e. The number of rotatable bonds is 6. The van der Waals surface area contributed by atoms with Crippen LogP contribution in [0.25, 0.3) is 21.8 Å². The van der Waals surface area contributed by atoms with Crippen molar-refractivity contribution in [2.45, 2.75) is 44.8 Å². The third kappa shape index (κ3) is 5.26. The highest BCUT2D eigenvalue weighted by atomic mass is 19.1. The van der Waals surface area contributed by atoms with Gasteiger partial charge >= 0.3 is 6.01 Å². The molecule has 3 atom stereocenters. The smallest absolute Gasteiger partial charge is 0.317 e. The molecule has 2 amide bonds. The Kier molecular flexibility index (Phi) is 6.94. The Morgan fingerprint density at radius 2 is 1.95 bits per heavy atom. The van der Waals surface area contributed by atoms with Crippen LogP contribution in [0.15, 0.2) is 36.7 Å². The van der Waals surface area contributed by atoms with Gasteiger partial charge in [-0.2, -0.15) is 10.1 Å². The van der Waals surface area contributed by atoms with Crippen LogP contribution in [0.4, 0.5) is 15.8 Å². The largest absolute Gasteiger partial charge is 0.461 e. The first-order valence-electron chi connectivity index (χ1n) is 13.8. The number of carbonyl (C=O) groups excluding carboxylic acids is 2. The summed E-state index contributed by atoms with van der Waals surface area (Å²) in [5, 5.41) is 11.8. The molecule has 11 nitrogen and oxygen atoms in total. The Balaban J connectivity index is 1.35. The summed E-state index contributed by atoms with van der Waals surface area (Å²) in [4.78, 5) is 38.6. The summed E-state index contributed by atoms with van der Waals surface area (Å²) in [5.41, 5.74) is 2.22. The second-order valence-corrected chi connectivity index (χ2v) is 11.1. The molecule has 2 aromatic carbocycles. The lowest BCUT2D eigenvalue weighted by atomic mass is 10.0. The molecule has 2 aromatic heterocycles. The molecule has 2 aliphatic heterocycles. The summed E-state index contributed by atoms with van der Waals surface area (Å²) in [6.07, 6.45) is 4.58. The Morgan fingerprint density at radius 1 is 1.17 bits per heavy atom. The van der Waals surface area contributed by atoms with Crippen LogP contribution in [-0.4, -0.2) is 81.3 Å². The average molecular weight is 561 g/mol. The molecule has 41 heavy (non-hydrogen) atoms. The molecule has 2 aliphatic rings. The highest BCUT2D eigenvalue weighted by Gasteiger charge is 2.29. The van der Waals surface area contributed by atoms with Crippen molar-refractivity contribution >= 4 is 45.0 Å². The molecule has 2 saturated heterocycles. The maximum absolute atomic E-state index is 14.7. The number of fused-ring (bicyclic) bond motifs is 2. The lowest BCUT2D eigenvalue weighted by Crippen LogP contribution is -2.54. The van der Waals surface area contributed by atoms with Crippen LogP contribution in [-0.2, 0) is 11.8 Å². The van der Waals surface area contributed by atoms with Crippen LogP contribution in [0.3, 0.4) is 0 Å². The van der Waals surface area contributed by atoms with E-state index in [1.54, 1.807) is 43.5 Å². The molecule has 0 bridgehead atoms. The van der Waals surface area contributed by atoms with Gasteiger partial charge in [0.25, 0.3) is 5.91 Å². The molecule has 3 unspecified atom stereocenters. The molecule has 0 spiro atoms. The fraction of sp³-hybridized carbons (Fsp3) is 0.414. The first kappa shape index (κ1) is 26.9. The number of aromatic nitrogens is 4. The van der Waals surface area contributed by atoms with Crippen LogP contribution >= 0.6 is 0 Å².